The summed E-state index contributed by atoms with van der Waals surface area (Å²) in [6.07, 6.45) is 0. The first-order valence-corrected chi connectivity index (χ1v) is 2.65. The van der Waals surface area contributed by atoms with Crippen LogP contribution in [0, 0.1) is 5.41 Å². The van der Waals surface area contributed by atoms with Crippen LogP contribution < -0.4 is 22.9 Å². The Balaban J connectivity index is 3.14. The van der Waals surface area contributed by atoms with Gasteiger partial charge >= 0.3 is 11.3 Å². The highest BCUT2D eigenvalue weighted by Gasteiger charge is 2.11. The molecule has 1 aromatic heterocycles. The van der Waals surface area contributed by atoms with Crippen LogP contribution in [0.5, 0.6) is 0 Å². The predicted molar refractivity (Wildman–Crippen MR) is 34.8 cm³/mol. The first-order chi connectivity index (χ1) is 5.52. The van der Waals surface area contributed by atoms with Crippen molar-refractivity contribution in [2.24, 2.45) is 11.7 Å². The molecule has 12 heavy (non-hydrogen) atoms. The quantitative estimate of drug-likeness (QED) is 0.127. The predicted octanol–water partition coefficient (Wildman–Crippen LogP) is -2.77. The number of hydrogen-bond donors (Lipinski definition) is 3. The Morgan fingerprint density at radius 3 is 2.08 bits per heavy atom. The monoisotopic (exact) mass is 175 g/mol. The number of aromatic nitrogens is 1. The van der Waals surface area contributed by atoms with Crippen LogP contribution in [0.3, 0.4) is 0 Å². The Hall–Kier alpha value is -1.87. The third kappa shape index (κ3) is 1.26. The van der Waals surface area contributed by atoms with Crippen LogP contribution in [0.1, 0.15) is 0 Å². The molecule has 0 fully saturated rings. The molecule has 1 aromatic rings. The molecule has 0 saturated carbocycles. The summed E-state index contributed by atoms with van der Waals surface area (Å²) in [4.78, 5) is 21.0. The zero-order valence-electron chi connectivity index (χ0n) is 5.68. The molecule has 0 aliphatic carbocycles. The van der Waals surface area contributed by atoms with Crippen LogP contribution >= 0.6 is 0 Å². The van der Waals surface area contributed by atoms with E-state index in [-0.39, 0.29) is 4.91 Å². The molecule has 0 amide bonds. The summed E-state index contributed by atoms with van der Waals surface area (Å²) < 4.78 is 8.19. The maximum atomic E-state index is 10.4. The first-order valence-electron chi connectivity index (χ1n) is 2.65. The van der Waals surface area contributed by atoms with E-state index in [1.807, 2.05) is 0 Å². The van der Waals surface area contributed by atoms with E-state index in [2.05, 4.69) is 9.05 Å². The lowest BCUT2D eigenvalue weighted by Crippen LogP contribution is -2.46. The lowest BCUT2D eigenvalue weighted by atomic mass is 11.0. The van der Waals surface area contributed by atoms with Crippen molar-refractivity contribution < 1.29 is 9.05 Å². The first kappa shape index (κ1) is 8.23. The zero-order valence-corrected chi connectivity index (χ0v) is 5.68. The van der Waals surface area contributed by atoms with Gasteiger partial charge < -0.3 is 0 Å². The van der Waals surface area contributed by atoms with Gasteiger partial charge in [0.2, 0.25) is 0 Å². The molecule has 9 nitrogen and oxygen atoms in total. The van der Waals surface area contributed by atoms with E-state index >= 15 is 0 Å². The Labute approximate surface area is 64.1 Å². The van der Waals surface area contributed by atoms with E-state index in [0.717, 1.165) is 0 Å². The Morgan fingerprint density at radius 1 is 1.33 bits per heavy atom. The highest BCUT2D eigenvalue weighted by Crippen LogP contribution is 1.78. The van der Waals surface area contributed by atoms with Crippen molar-refractivity contribution in [1.82, 2.24) is 10.0 Å². The van der Waals surface area contributed by atoms with Gasteiger partial charge in [-0.1, -0.05) is 0 Å². The van der Waals surface area contributed by atoms with Gasteiger partial charge in [-0.2, -0.15) is 0 Å². The zero-order chi connectivity index (χ0) is 9.30. The molecule has 0 unspecified atom stereocenters. The summed E-state index contributed by atoms with van der Waals surface area (Å²) in [5, 5.41) is 7.28. The summed E-state index contributed by atoms with van der Waals surface area (Å²) >= 11 is 0. The molecular formula is C3H5N5O4. The van der Waals surface area contributed by atoms with E-state index in [1.165, 1.54) is 0 Å². The molecule has 0 aromatic carbocycles. The van der Waals surface area contributed by atoms with Gasteiger partial charge in [0.25, 0.3) is 5.96 Å². The molecule has 0 aliphatic rings. The third-order valence-electron chi connectivity index (χ3n) is 0.916. The highest BCUT2D eigenvalue weighted by atomic mass is 16.7. The molecule has 0 spiro atoms. The van der Waals surface area contributed by atoms with Gasteiger partial charge in [0, 0.05) is 4.91 Å². The van der Waals surface area contributed by atoms with Crippen LogP contribution in [0.15, 0.2) is 18.6 Å². The van der Waals surface area contributed by atoms with Crippen molar-refractivity contribution in [3.05, 3.63) is 20.8 Å². The minimum absolute atomic E-state index is 0.199. The summed E-state index contributed by atoms with van der Waals surface area (Å²) in [7, 11) is 0. The SMILES string of the molecule is N=C(N(N)N)n1oc(=O)c(=O)o1. The number of nitrogens with two attached hydrogens (primary N) is 2. The lowest BCUT2D eigenvalue weighted by molar-refractivity contribution is 0.139. The highest BCUT2D eigenvalue weighted by molar-refractivity contribution is 5.74. The van der Waals surface area contributed by atoms with E-state index in [1.54, 1.807) is 0 Å². The summed E-state index contributed by atoms with van der Waals surface area (Å²) in [6.45, 7) is 0. The van der Waals surface area contributed by atoms with E-state index < -0.39 is 17.2 Å². The Bertz CT molecular complexity index is 368. The minimum atomic E-state index is -1.23. The van der Waals surface area contributed by atoms with Crippen LogP contribution in [0.25, 0.3) is 0 Å². The second-order valence-electron chi connectivity index (χ2n) is 1.75. The van der Waals surface area contributed by atoms with E-state index in [4.69, 9.17) is 17.1 Å². The molecule has 0 bridgehead atoms. The van der Waals surface area contributed by atoms with Gasteiger partial charge in [-0.15, -0.1) is 0 Å². The molecule has 1 heterocycles. The largest absolute Gasteiger partial charge is 0.446 e. The van der Waals surface area contributed by atoms with Crippen molar-refractivity contribution in [3.63, 3.8) is 0 Å². The van der Waals surface area contributed by atoms with E-state index in [0.29, 0.717) is 5.12 Å². The van der Waals surface area contributed by atoms with Crippen LogP contribution in [-0.4, -0.2) is 16.0 Å². The maximum absolute atomic E-state index is 10.4. The number of nitrogens with one attached hydrogen (secondary N) is 1. The lowest BCUT2D eigenvalue weighted by Gasteiger charge is -2.07. The smallest absolute Gasteiger partial charge is 0.290 e. The van der Waals surface area contributed by atoms with E-state index in [9.17, 15) is 9.59 Å². The number of rotatable bonds is 0. The fourth-order valence-electron chi connectivity index (χ4n) is 0.425. The molecule has 1 rings (SSSR count). The molecule has 0 saturated heterocycles. The van der Waals surface area contributed by atoms with Crippen LogP contribution in [-0.2, 0) is 0 Å². The van der Waals surface area contributed by atoms with Gasteiger partial charge in [0.15, 0.2) is 0 Å². The normalized spacial score (nSPS) is 9.83. The van der Waals surface area contributed by atoms with Crippen molar-refractivity contribution in [1.29, 1.82) is 5.41 Å². The van der Waals surface area contributed by atoms with Crippen molar-refractivity contribution in [2.75, 3.05) is 0 Å². The molecule has 66 valence electrons. The molecule has 0 aliphatic heterocycles. The summed E-state index contributed by atoms with van der Waals surface area (Å²) in [6, 6.07) is 0. The molecule has 5 N–H and O–H groups in total. The van der Waals surface area contributed by atoms with Gasteiger partial charge in [0.05, 0.1) is 0 Å². The maximum Gasteiger partial charge on any atom is 0.446 e. The third-order valence-corrected chi connectivity index (χ3v) is 0.916. The van der Waals surface area contributed by atoms with Gasteiger partial charge in [-0.05, 0) is 0 Å². The van der Waals surface area contributed by atoms with Gasteiger partial charge in [-0.3, -0.25) is 14.5 Å². The summed E-state index contributed by atoms with van der Waals surface area (Å²) in [5.74, 6) is 9.05. The summed E-state index contributed by atoms with van der Waals surface area (Å²) in [5.41, 5.74) is -2.47. The molecule has 0 radical (unpaired) electrons. The number of nitrogens with zero attached hydrogens (tertiary/aromatic N) is 2. The van der Waals surface area contributed by atoms with Crippen molar-refractivity contribution in [3.8, 4) is 0 Å². The fraction of sp³-hybridized carbons (Fsp3) is 0. The van der Waals surface area contributed by atoms with Crippen molar-refractivity contribution in [2.45, 2.75) is 0 Å². The second-order valence-corrected chi connectivity index (χ2v) is 1.75. The fourth-order valence-corrected chi connectivity index (χ4v) is 0.425. The molecule has 0 atom stereocenters. The van der Waals surface area contributed by atoms with Gasteiger partial charge in [0.1, 0.15) is 0 Å². The number of hydrazine groups is 2. The van der Waals surface area contributed by atoms with Crippen LogP contribution in [0.2, 0.25) is 0 Å². The average molecular weight is 175 g/mol. The Morgan fingerprint density at radius 2 is 1.75 bits per heavy atom. The topological polar surface area (TPSA) is 144 Å². The Kier molecular flexibility index (Phi) is 1.81. The standard InChI is InChI=1S/C3H5N5O4/c4-3(7(5)6)8-11-1(9)2(10)12-8/h4H,5-6H2. The number of hydrogen-bond acceptors (Lipinski definition) is 7. The minimum Gasteiger partial charge on any atom is -0.290 e. The second kappa shape index (κ2) is 2.64. The van der Waals surface area contributed by atoms with Crippen LogP contribution in [0.4, 0.5) is 0 Å². The van der Waals surface area contributed by atoms with Crippen molar-refractivity contribution >= 4 is 5.96 Å². The molecule has 9 heteroatoms. The average Bonchev–Trinajstić information content (AvgIpc) is 2.30. The van der Waals surface area contributed by atoms with Gasteiger partial charge in [-0.25, -0.2) is 26.4 Å². The molecular weight excluding hydrogens is 170 g/mol.